The highest BCUT2D eigenvalue weighted by molar-refractivity contribution is 7.08. The van der Waals surface area contributed by atoms with Crippen molar-refractivity contribution >= 4 is 17.0 Å². The minimum absolute atomic E-state index is 0.253. The number of imidazole rings is 1. The summed E-state index contributed by atoms with van der Waals surface area (Å²) in [7, 11) is 1.89. The first-order chi connectivity index (χ1) is 13.2. The Morgan fingerprint density at radius 3 is 2.52 bits per heavy atom. The summed E-state index contributed by atoms with van der Waals surface area (Å²) in [5.74, 6) is -0.253. The average molecular weight is 374 g/mol. The molecule has 6 heteroatoms. The summed E-state index contributed by atoms with van der Waals surface area (Å²) in [5.41, 5.74) is 6.84. The molecule has 4 nitrogen and oxygen atoms in total. The van der Waals surface area contributed by atoms with Crippen molar-refractivity contribution in [3.8, 4) is 33.6 Å². The van der Waals surface area contributed by atoms with E-state index in [1.165, 1.54) is 12.1 Å². The number of thiophene rings is 1. The van der Waals surface area contributed by atoms with Gasteiger partial charge in [0.2, 0.25) is 0 Å². The minimum Gasteiger partial charge on any atom is -0.299 e. The molecule has 5 rings (SSSR count). The van der Waals surface area contributed by atoms with Crippen LogP contribution in [-0.2, 0) is 7.05 Å². The lowest BCUT2D eigenvalue weighted by molar-refractivity contribution is 0.628. The van der Waals surface area contributed by atoms with Gasteiger partial charge in [-0.25, -0.2) is 9.37 Å². The highest BCUT2D eigenvalue weighted by atomic mass is 32.1. The lowest BCUT2D eigenvalue weighted by Gasteiger charge is -2.06. The molecule has 5 aromatic rings. The maximum Gasteiger partial charge on any atom is 0.137 e. The minimum atomic E-state index is -0.253. The zero-order valence-corrected chi connectivity index (χ0v) is 15.3. The highest BCUT2D eigenvalue weighted by Crippen LogP contribution is 2.32. The summed E-state index contributed by atoms with van der Waals surface area (Å²) < 4.78 is 17.2. The van der Waals surface area contributed by atoms with Gasteiger partial charge in [0.25, 0.3) is 0 Å². The van der Waals surface area contributed by atoms with Crippen molar-refractivity contribution in [3.05, 3.63) is 77.6 Å². The van der Waals surface area contributed by atoms with E-state index in [1.54, 1.807) is 28.2 Å². The van der Waals surface area contributed by atoms with E-state index in [9.17, 15) is 4.39 Å². The van der Waals surface area contributed by atoms with E-state index in [4.69, 9.17) is 0 Å². The van der Waals surface area contributed by atoms with Crippen molar-refractivity contribution < 1.29 is 4.39 Å². The topological polar surface area (TPSA) is 35.1 Å². The fourth-order valence-corrected chi connectivity index (χ4v) is 3.93. The maximum atomic E-state index is 13.3. The normalized spacial score (nSPS) is 11.3. The number of nitrogens with zero attached hydrogens (tertiary/aromatic N) is 4. The Morgan fingerprint density at radius 2 is 1.74 bits per heavy atom. The molecule has 27 heavy (non-hydrogen) atoms. The lowest BCUT2D eigenvalue weighted by Crippen LogP contribution is -1.90. The maximum absolute atomic E-state index is 13.3. The molecular formula is C21H15FN4S. The number of halogens is 1. The van der Waals surface area contributed by atoms with Crippen molar-refractivity contribution in [2.24, 2.45) is 7.05 Å². The summed E-state index contributed by atoms with van der Waals surface area (Å²) in [4.78, 5) is 4.51. The molecule has 0 bridgehead atoms. The molecule has 132 valence electrons. The molecule has 0 fully saturated rings. The largest absolute Gasteiger partial charge is 0.299 e. The molecule has 0 aliphatic heterocycles. The number of fused-ring (bicyclic) bond motifs is 1. The van der Waals surface area contributed by atoms with E-state index >= 15 is 0 Å². The van der Waals surface area contributed by atoms with Crippen molar-refractivity contribution in [2.45, 2.75) is 0 Å². The number of rotatable bonds is 3. The second-order valence-corrected chi connectivity index (χ2v) is 7.15. The van der Waals surface area contributed by atoms with Gasteiger partial charge in [0.1, 0.15) is 17.2 Å². The third kappa shape index (κ3) is 2.74. The number of aryl methyl sites for hydroxylation is 1. The van der Waals surface area contributed by atoms with E-state index in [0.29, 0.717) is 0 Å². The van der Waals surface area contributed by atoms with Gasteiger partial charge in [-0.2, -0.15) is 16.4 Å². The summed E-state index contributed by atoms with van der Waals surface area (Å²) in [6, 6.07) is 12.6. The Balaban J connectivity index is 1.68. The Labute approximate surface area is 159 Å². The molecule has 0 saturated heterocycles. The first-order valence-electron chi connectivity index (χ1n) is 8.49. The smallest absolute Gasteiger partial charge is 0.137 e. The lowest BCUT2D eigenvalue weighted by atomic mass is 10.0. The molecule has 0 unspecified atom stereocenters. The quantitative estimate of drug-likeness (QED) is 0.431. The van der Waals surface area contributed by atoms with Crippen molar-refractivity contribution in [1.29, 1.82) is 0 Å². The molecular weight excluding hydrogens is 359 g/mol. The van der Waals surface area contributed by atoms with Gasteiger partial charge in [-0.1, -0.05) is 0 Å². The van der Waals surface area contributed by atoms with Crippen LogP contribution >= 0.6 is 11.3 Å². The van der Waals surface area contributed by atoms with E-state index < -0.39 is 0 Å². The molecule has 0 aliphatic rings. The van der Waals surface area contributed by atoms with Crippen molar-refractivity contribution in [1.82, 2.24) is 19.2 Å². The van der Waals surface area contributed by atoms with E-state index in [2.05, 4.69) is 37.5 Å². The van der Waals surface area contributed by atoms with Crippen LogP contribution in [0, 0.1) is 5.82 Å². The monoisotopic (exact) mass is 374 g/mol. The van der Waals surface area contributed by atoms with Gasteiger partial charge in [0, 0.05) is 47.1 Å². The van der Waals surface area contributed by atoms with E-state index in [0.717, 1.165) is 39.3 Å². The number of benzene rings is 1. The number of hydrogen-bond donors (Lipinski definition) is 0. The molecule has 4 aromatic heterocycles. The van der Waals surface area contributed by atoms with Gasteiger partial charge in [0.05, 0.1) is 11.9 Å². The number of pyridine rings is 1. The molecule has 0 atom stereocenters. The van der Waals surface area contributed by atoms with Gasteiger partial charge in [-0.15, -0.1) is 0 Å². The van der Waals surface area contributed by atoms with E-state index in [1.807, 2.05) is 31.6 Å². The Kier molecular flexibility index (Phi) is 3.65. The molecule has 0 amide bonds. The standard InChI is InChI=1S/C21H15FN4S/c1-25-12-18(21(24-25)14-2-5-17(22)6-3-14)15-4-7-20-23-10-19(26(20)11-15)16-8-9-27-13-16/h2-13H,1H3. The Hall–Kier alpha value is -3.25. The van der Waals surface area contributed by atoms with Crippen molar-refractivity contribution in [3.63, 3.8) is 0 Å². The van der Waals surface area contributed by atoms with Crippen molar-refractivity contribution in [2.75, 3.05) is 0 Å². The van der Waals surface area contributed by atoms with Crippen LogP contribution in [0.3, 0.4) is 0 Å². The number of aromatic nitrogens is 4. The second kappa shape index (κ2) is 6.17. The van der Waals surface area contributed by atoms with Gasteiger partial charge >= 0.3 is 0 Å². The predicted molar refractivity (Wildman–Crippen MR) is 106 cm³/mol. The summed E-state index contributed by atoms with van der Waals surface area (Å²) in [5, 5.41) is 8.78. The molecule has 4 heterocycles. The SMILES string of the molecule is Cn1cc(-c2ccc3ncc(-c4ccsc4)n3c2)c(-c2ccc(F)cc2)n1. The average Bonchev–Trinajstić information content (AvgIpc) is 3.40. The fraction of sp³-hybridized carbons (Fsp3) is 0.0476. The first-order valence-corrected chi connectivity index (χ1v) is 9.43. The van der Waals surface area contributed by atoms with Gasteiger partial charge in [-0.3, -0.25) is 9.08 Å². The van der Waals surface area contributed by atoms with Gasteiger partial charge < -0.3 is 0 Å². The molecule has 1 aromatic carbocycles. The first kappa shape index (κ1) is 16.0. The molecule has 0 aliphatic carbocycles. The van der Waals surface area contributed by atoms with Crippen LogP contribution in [0.15, 0.2) is 71.8 Å². The third-order valence-electron chi connectivity index (χ3n) is 4.58. The van der Waals surface area contributed by atoms with E-state index in [-0.39, 0.29) is 5.82 Å². The van der Waals surface area contributed by atoms with Crippen LogP contribution in [0.1, 0.15) is 0 Å². The van der Waals surface area contributed by atoms with Gasteiger partial charge in [-0.05, 0) is 47.8 Å². The second-order valence-electron chi connectivity index (χ2n) is 6.37. The van der Waals surface area contributed by atoms with Crippen LogP contribution in [-0.4, -0.2) is 19.2 Å². The van der Waals surface area contributed by atoms with Crippen LogP contribution in [0.2, 0.25) is 0 Å². The Bertz CT molecular complexity index is 1230. The summed E-state index contributed by atoms with van der Waals surface area (Å²) in [6.45, 7) is 0. The molecule has 0 radical (unpaired) electrons. The predicted octanol–water partition coefficient (Wildman–Crippen LogP) is 5.27. The summed E-state index contributed by atoms with van der Waals surface area (Å²) in [6.07, 6.45) is 5.96. The van der Waals surface area contributed by atoms with Crippen LogP contribution in [0.5, 0.6) is 0 Å². The summed E-state index contributed by atoms with van der Waals surface area (Å²) >= 11 is 1.67. The fourth-order valence-electron chi connectivity index (χ4n) is 3.28. The number of hydrogen-bond acceptors (Lipinski definition) is 3. The molecule has 0 spiro atoms. The molecule has 0 saturated carbocycles. The zero-order valence-electron chi connectivity index (χ0n) is 14.5. The van der Waals surface area contributed by atoms with Crippen LogP contribution in [0.25, 0.3) is 39.3 Å². The third-order valence-corrected chi connectivity index (χ3v) is 5.26. The Morgan fingerprint density at radius 1 is 0.926 bits per heavy atom. The zero-order chi connectivity index (χ0) is 18.4. The highest BCUT2D eigenvalue weighted by Gasteiger charge is 2.14. The van der Waals surface area contributed by atoms with Crippen LogP contribution in [0.4, 0.5) is 4.39 Å². The molecule has 0 N–H and O–H groups in total. The van der Waals surface area contributed by atoms with Crippen LogP contribution < -0.4 is 0 Å². The van der Waals surface area contributed by atoms with Gasteiger partial charge in [0.15, 0.2) is 0 Å².